The number of nitrogens with zero attached hydrogens (tertiary/aromatic N) is 2. The second-order valence-corrected chi connectivity index (χ2v) is 6.42. The number of halogens is 1. The van der Waals surface area contributed by atoms with E-state index in [0.29, 0.717) is 17.8 Å². The molecule has 0 aliphatic heterocycles. The molecular formula is C19H20FN3O4. The average molecular weight is 373 g/mol. The lowest BCUT2D eigenvalue weighted by Gasteiger charge is -2.22. The molecule has 0 aromatic heterocycles. The van der Waals surface area contributed by atoms with E-state index < -0.39 is 4.92 Å². The van der Waals surface area contributed by atoms with Gasteiger partial charge < -0.3 is 10.1 Å². The van der Waals surface area contributed by atoms with Gasteiger partial charge in [-0.15, -0.1) is 0 Å². The summed E-state index contributed by atoms with van der Waals surface area (Å²) in [5.74, 6) is -0.365. The molecule has 0 saturated heterocycles. The molecule has 0 heterocycles. The summed E-state index contributed by atoms with van der Waals surface area (Å²) in [4.78, 5) is 24.7. The average Bonchev–Trinajstić information content (AvgIpc) is 3.48. The van der Waals surface area contributed by atoms with Crippen molar-refractivity contribution in [3.63, 3.8) is 0 Å². The van der Waals surface area contributed by atoms with Gasteiger partial charge in [-0.25, -0.2) is 4.39 Å². The Labute approximate surface area is 155 Å². The molecule has 27 heavy (non-hydrogen) atoms. The van der Waals surface area contributed by atoms with Crippen molar-refractivity contribution in [3.8, 4) is 5.75 Å². The number of methoxy groups -OCH3 is 1. The van der Waals surface area contributed by atoms with Crippen LogP contribution in [0.1, 0.15) is 18.4 Å². The van der Waals surface area contributed by atoms with Gasteiger partial charge in [-0.05, 0) is 25.0 Å². The van der Waals surface area contributed by atoms with Gasteiger partial charge in [-0.3, -0.25) is 19.8 Å². The second kappa shape index (κ2) is 8.13. The number of rotatable bonds is 8. The molecule has 0 radical (unpaired) electrons. The van der Waals surface area contributed by atoms with Crippen molar-refractivity contribution in [1.29, 1.82) is 0 Å². The Kier molecular flexibility index (Phi) is 5.66. The normalized spacial score (nSPS) is 13.4. The summed E-state index contributed by atoms with van der Waals surface area (Å²) in [6, 6.07) is 10.8. The van der Waals surface area contributed by atoms with E-state index >= 15 is 0 Å². The zero-order valence-corrected chi connectivity index (χ0v) is 14.9. The number of amides is 1. The van der Waals surface area contributed by atoms with Gasteiger partial charge >= 0.3 is 0 Å². The Balaban J connectivity index is 1.68. The molecule has 1 saturated carbocycles. The molecule has 1 aliphatic rings. The molecule has 1 amide bonds. The number of nitrogens with one attached hydrogen (secondary N) is 1. The maximum absolute atomic E-state index is 13.9. The van der Waals surface area contributed by atoms with E-state index in [2.05, 4.69) is 5.32 Å². The third kappa shape index (κ3) is 4.79. The predicted octanol–water partition coefficient (Wildman–Crippen LogP) is 3.35. The minimum Gasteiger partial charge on any atom is -0.494 e. The first-order valence-electron chi connectivity index (χ1n) is 8.57. The zero-order valence-electron chi connectivity index (χ0n) is 14.9. The second-order valence-electron chi connectivity index (χ2n) is 6.42. The number of hydrogen-bond acceptors (Lipinski definition) is 5. The van der Waals surface area contributed by atoms with Gasteiger partial charge in [0.15, 0.2) is 0 Å². The molecule has 7 nitrogen and oxygen atoms in total. The smallest absolute Gasteiger partial charge is 0.273 e. The molecule has 2 aromatic carbocycles. The van der Waals surface area contributed by atoms with Crippen molar-refractivity contribution in [3.05, 3.63) is 64.0 Å². The lowest BCUT2D eigenvalue weighted by Crippen LogP contribution is -2.34. The first-order valence-corrected chi connectivity index (χ1v) is 8.57. The van der Waals surface area contributed by atoms with Gasteiger partial charge in [-0.2, -0.15) is 0 Å². The van der Waals surface area contributed by atoms with Crippen molar-refractivity contribution < 1.29 is 18.8 Å². The molecule has 142 valence electrons. The monoisotopic (exact) mass is 373 g/mol. The summed E-state index contributed by atoms with van der Waals surface area (Å²) in [6.07, 6.45) is 1.95. The van der Waals surface area contributed by atoms with Crippen LogP contribution in [0.2, 0.25) is 0 Å². The summed E-state index contributed by atoms with van der Waals surface area (Å²) in [7, 11) is 1.38. The van der Waals surface area contributed by atoms with Crippen LogP contribution in [0.5, 0.6) is 5.75 Å². The fourth-order valence-electron chi connectivity index (χ4n) is 2.87. The standard InChI is InChI=1S/C19H20FN3O4/c1-27-18-10-15(23(25)26)8-9-17(18)21-19(24)12-22(14-6-7-14)11-13-4-2-3-5-16(13)20/h2-5,8-10,14H,6-7,11-12H2,1H3,(H,21,24). The lowest BCUT2D eigenvalue weighted by molar-refractivity contribution is -0.384. The topological polar surface area (TPSA) is 84.7 Å². The van der Waals surface area contributed by atoms with Crippen LogP contribution in [0.3, 0.4) is 0 Å². The largest absolute Gasteiger partial charge is 0.494 e. The Hall–Kier alpha value is -3.00. The van der Waals surface area contributed by atoms with Gasteiger partial charge in [0.2, 0.25) is 5.91 Å². The number of ether oxygens (including phenoxy) is 1. The summed E-state index contributed by atoms with van der Waals surface area (Å²) >= 11 is 0. The van der Waals surface area contributed by atoms with Crippen LogP contribution in [0.4, 0.5) is 15.8 Å². The third-order valence-corrected chi connectivity index (χ3v) is 4.41. The fraction of sp³-hybridized carbons (Fsp3) is 0.316. The van der Waals surface area contributed by atoms with E-state index in [9.17, 15) is 19.3 Å². The van der Waals surface area contributed by atoms with Crippen LogP contribution < -0.4 is 10.1 Å². The summed E-state index contributed by atoms with van der Waals surface area (Å²) in [5, 5.41) is 13.6. The molecule has 8 heteroatoms. The van der Waals surface area contributed by atoms with Crippen molar-refractivity contribution in [1.82, 2.24) is 4.90 Å². The lowest BCUT2D eigenvalue weighted by atomic mass is 10.2. The molecule has 2 aromatic rings. The molecule has 0 unspecified atom stereocenters. The minimum absolute atomic E-state index is 0.0964. The Morgan fingerprint density at radius 3 is 2.70 bits per heavy atom. The number of nitro benzene ring substituents is 1. The van der Waals surface area contributed by atoms with Crippen molar-refractivity contribution >= 4 is 17.3 Å². The fourth-order valence-corrected chi connectivity index (χ4v) is 2.87. The Morgan fingerprint density at radius 2 is 2.07 bits per heavy atom. The van der Waals surface area contributed by atoms with Gasteiger partial charge in [0.05, 0.1) is 30.3 Å². The van der Waals surface area contributed by atoms with E-state index in [1.165, 1.54) is 31.4 Å². The van der Waals surface area contributed by atoms with Crippen LogP contribution >= 0.6 is 0 Å². The van der Waals surface area contributed by atoms with Crippen LogP contribution in [0.15, 0.2) is 42.5 Å². The van der Waals surface area contributed by atoms with Gasteiger partial charge in [0.25, 0.3) is 5.69 Å². The highest BCUT2D eigenvalue weighted by atomic mass is 19.1. The third-order valence-electron chi connectivity index (χ3n) is 4.41. The van der Waals surface area contributed by atoms with E-state index in [1.807, 2.05) is 4.90 Å². The number of nitro groups is 1. The van der Waals surface area contributed by atoms with Crippen molar-refractivity contribution in [2.45, 2.75) is 25.4 Å². The van der Waals surface area contributed by atoms with Gasteiger partial charge in [0, 0.05) is 24.2 Å². The number of carbonyl (C=O) groups excluding carboxylic acids is 1. The maximum atomic E-state index is 13.9. The molecule has 1 aliphatic carbocycles. The molecule has 0 atom stereocenters. The zero-order chi connectivity index (χ0) is 19.4. The van der Waals surface area contributed by atoms with Crippen molar-refractivity contribution in [2.24, 2.45) is 0 Å². The number of carbonyl (C=O) groups is 1. The molecule has 1 fully saturated rings. The highest BCUT2D eigenvalue weighted by Crippen LogP contribution is 2.30. The number of non-ortho nitro benzene ring substituents is 1. The molecule has 1 N–H and O–H groups in total. The number of anilines is 1. The van der Waals surface area contributed by atoms with E-state index in [0.717, 1.165) is 12.8 Å². The van der Waals surface area contributed by atoms with Crippen molar-refractivity contribution in [2.75, 3.05) is 19.0 Å². The van der Waals surface area contributed by atoms with Crippen LogP contribution in [0, 0.1) is 15.9 Å². The maximum Gasteiger partial charge on any atom is 0.273 e. The highest BCUT2D eigenvalue weighted by molar-refractivity contribution is 5.94. The first kappa shape index (κ1) is 18.8. The minimum atomic E-state index is -0.530. The Morgan fingerprint density at radius 1 is 1.33 bits per heavy atom. The molecule has 0 bridgehead atoms. The van der Waals surface area contributed by atoms with Crippen LogP contribution in [0.25, 0.3) is 0 Å². The number of hydrogen-bond donors (Lipinski definition) is 1. The molecular weight excluding hydrogens is 353 g/mol. The highest BCUT2D eigenvalue weighted by Gasteiger charge is 2.31. The SMILES string of the molecule is COc1cc([N+](=O)[O-])ccc1NC(=O)CN(Cc1ccccc1F)C1CC1. The quantitative estimate of drug-likeness (QED) is 0.567. The van der Waals surface area contributed by atoms with E-state index in [1.54, 1.807) is 18.2 Å². The van der Waals surface area contributed by atoms with Crippen LogP contribution in [-0.2, 0) is 11.3 Å². The summed E-state index contributed by atoms with van der Waals surface area (Å²) in [6.45, 7) is 0.446. The Bertz CT molecular complexity index is 855. The summed E-state index contributed by atoms with van der Waals surface area (Å²) in [5.41, 5.74) is 0.781. The number of benzene rings is 2. The first-order chi connectivity index (χ1) is 13.0. The summed E-state index contributed by atoms with van der Waals surface area (Å²) < 4.78 is 19.1. The van der Waals surface area contributed by atoms with Crippen LogP contribution in [-0.4, -0.2) is 35.4 Å². The van der Waals surface area contributed by atoms with Gasteiger partial charge in [-0.1, -0.05) is 18.2 Å². The predicted molar refractivity (Wildman–Crippen MR) is 98.1 cm³/mol. The van der Waals surface area contributed by atoms with E-state index in [4.69, 9.17) is 4.74 Å². The molecule has 0 spiro atoms. The van der Waals surface area contributed by atoms with Gasteiger partial charge in [0.1, 0.15) is 11.6 Å². The van der Waals surface area contributed by atoms with E-state index in [-0.39, 0.29) is 35.7 Å². The molecule has 3 rings (SSSR count).